The molecule has 3 N–H and O–H groups in total. The van der Waals surface area contributed by atoms with Gasteiger partial charge in [-0.3, -0.25) is 4.90 Å². The van der Waals surface area contributed by atoms with Crippen LogP contribution in [0.4, 0.5) is 0 Å². The van der Waals surface area contributed by atoms with Crippen LogP contribution < -0.4 is 10.1 Å². The molecule has 2 atom stereocenters. The van der Waals surface area contributed by atoms with E-state index in [0.717, 1.165) is 18.6 Å². The van der Waals surface area contributed by atoms with Crippen LogP contribution in [0.3, 0.4) is 0 Å². The van der Waals surface area contributed by atoms with Crippen LogP contribution in [-0.2, 0) is 10.2 Å². The predicted molar refractivity (Wildman–Crippen MR) is 155 cm³/mol. The van der Waals surface area contributed by atoms with E-state index in [1.807, 2.05) is 12.1 Å². The topological polar surface area (TPSA) is 74.2 Å². The lowest BCUT2D eigenvalue weighted by atomic mass is 9.78. The fraction of sp³-hybridized carbons (Fsp3) is 0.625. The molecule has 6 nitrogen and oxygen atoms in total. The van der Waals surface area contributed by atoms with Gasteiger partial charge in [0.25, 0.3) is 0 Å². The minimum Gasteiger partial charge on any atom is -0.491 e. The first-order valence-corrected chi connectivity index (χ1v) is 13.9. The Labute approximate surface area is 230 Å². The average molecular weight is 527 g/mol. The molecule has 2 aromatic carbocycles. The summed E-state index contributed by atoms with van der Waals surface area (Å²) in [6.07, 6.45) is 0.567. The maximum Gasteiger partial charge on any atom is 0.119 e. The third kappa shape index (κ3) is 8.52. The van der Waals surface area contributed by atoms with Gasteiger partial charge in [-0.1, -0.05) is 55.8 Å². The number of nitrogens with one attached hydrogen (secondary N) is 1. The van der Waals surface area contributed by atoms with Crippen molar-refractivity contribution in [2.24, 2.45) is 0 Å². The van der Waals surface area contributed by atoms with E-state index in [9.17, 15) is 10.2 Å². The van der Waals surface area contributed by atoms with E-state index in [1.165, 1.54) is 16.7 Å². The molecule has 38 heavy (non-hydrogen) atoms. The Bertz CT molecular complexity index is 985. The van der Waals surface area contributed by atoms with E-state index in [0.29, 0.717) is 13.1 Å². The highest BCUT2D eigenvalue weighted by Gasteiger charge is 2.40. The van der Waals surface area contributed by atoms with Gasteiger partial charge < -0.3 is 25.0 Å². The molecule has 0 saturated carbocycles. The molecule has 1 aliphatic rings. The zero-order valence-electron chi connectivity index (χ0n) is 24.8. The number of rotatable bonds is 12. The second kappa shape index (κ2) is 12.5. The Kier molecular flexibility index (Phi) is 10.0. The summed E-state index contributed by atoms with van der Waals surface area (Å²) in [5.41, 5.74) is 3.55. The molecule has 0 radical (unpaired) electrons. The maximum absolute atomic E-state index is 11.0. The first-order chi connectivity index (χ1) is 17.7. The average Bonchev–Trinajstić information content (AvgIpc) is 2.81. The number of nitrogens with zero attached hydrogens (tertiary/aromatic N) is 1. The van der Waals surface area contributed by atoms with Gasteiger partial charge in [-0.25, -0.2) is 0 Å². The Morgan fingerprint density at radius 2 is 1.34 bits per heavy atom. The molecule has 3 rings (SSSR count). The third-order valence-electron chi connectivity index (χ3n) is 7.73. The molecule has 1 heterocycles. The Morgan fingerprint density at radius 3 is 1.84 bits per heavy atom. The largest absolute Gasteiger partial charge is 0.491 e. The summed E-state index contributed by atoms with van der Waals surface area (Å²) in [4.78, 5) is 2.22. The normalized spacial score (nSPS) is 19.3. The smallest absolute Gasteiger partial charge is 0.119 e. The van der Waals surface area contributed by atoms with Crippen molar-refractivity contribution in [1.29, 1.82) is 0 Å². The van der Waals surface area contributed by atoms with Gasteiger partial charge in [0, 0.05) is 42.7 Å². The van der Waals surface area contributed by atoms with Gasteiger partial charge in [0.1, 0.15) is 18.5 Å². The Hall–Kier alpha value is -1.96. The number of aliphatic hydroxyl groups excluding tert-OH is 2. The molecule has 1 saturated heterocycles. The van der Waals surface area contributed by atoms with Crippen LogP contribution in [0.25, 0.3) is 0 Å². The number of hydrogen-bond donors (Lipinski definition) is 3. The minimum absolute atomic E-state index is 0.0353. The van der Waals surface area contributed by atoms with Crippen molar-refractivity contribution < 1.29 is 19.7 Å². The molecule has 6 heteroatoms. The van der Waals surface area contributed by atoms with E-state index < -0.39 is 12.2 Å². The third-order valence-corrected chi connectivity index (χ3v) is 7.73. The second-order valence-electron chi connectivity index (χ2n) is 13.0. The molecule has 0 aromatic heterocycles. The predicted octanol–water partition coefficient (Wildman–Crippen LogP) is 4.68. The highest BCUT2D eigenvalue weighted by molar-refractivity contribution is 5.40. The van der Waals surface area contributed by atoms with Gasteiger partial charge in [-0.2, -0.15) is 0 Å². The number of piperidine rings is 1. The monoisotopic (exact) mass is 526 g/mol. The Balaban J connectivity index is 1.63. The molecular formula is C32H50N2O4. The van der Waals surface area contributed by atoms with Crippen LogP contribution in [-0.4, -0.2) is 77.9 Å². The van der Waals surface area contributed by atoms with Crippen LogP contribution >= 0.6 is 0 Å². The first kappa shape index (κ1) is 30.6. The molecule has 1 fully saturated rings. The number of hydrogen-bond acceptors (Lipinski definition) is 6. The number of benzene rings is 2. The lowest BCUT2D eigenvalue weighted by Crippen LogP contribution is -2.63. The van der Waals surface area contributed by atoms with Gasteiger partial charge >= 0.3 is 0 Å². The second-order valence-corrected chi connectivity index (χ2v) is 13.0. The molecule has 0 spiro atoms. The van der Waals surface area contributed by atoms with E-state index in [4.69, 9.17) is 9.47 Å². The van der Waals surface area contributed by atoms with E-state index >= 15 is 0 Å². The zero-order chi connectivity index (χ0) is 28.1. The fourth-order valence-corrected chi connectivity index (χ4v) is 6.04. The molecule has 212 valence electrons. The Morgan fingerprint density at radius 1 is 0.868 bits per heavy atom. The summed E-state index contributed by atoms with van der Waals surface area (Å²) in [6, 6.07) is 17.1. The highest BCUT2D eigenvalue weighted by atomic mass is 16.5. The molecule has 0 bridgehead atoms. The van der Waals surface area contributed by atoms with Crippen LogP contribution in [0, 0.1) is 6.92 Å². The van der Waals surface area contributed by atoms with Crippen LogP contribution in [0.15, 0.2) is 48.5 Å². The number of methoxy groups -OCH3 is 1. The van der Waals surface area contributed by atoms with Gasteiger partial charge in [0.05, 0.1) is 12.7 Å². The summed E-state index contributed by atoms with van der Waals surface area (Å²) < 4.78 is 11.2. The standard InChI is InChI=1S/C32H50N2O4/c1-23-9-11-24(12-10-23)32(6,7)25-13-15-29(16-14-25)38-22-28(36)20-34(19-27(35)21-37-8)26-17-30(2,3)33-31(4,5)18-26/h9-16,26-28,33,35-36H,17-22H2,1-8H3. The number of ether oxygens (including phenoxy) is 2. The molecule has 2 unspecified atom stereocenters. The molecule has 1 aliphatic heterocycles. The summed E-state index contributed by atoms with van der Waals surface area (Å²) in [6.45, 7) is 16.8. The quantitative estimate of drug-likeness (QED) is 0.373. The van der Waals surface area contributed by atoms with Gasteiger partial charge in [0.15, 0.2) is 0 Å². The minimum atomic E-state index is -0.686. The van der Waals surface area contributed by atoms with Crippen molar-refractivity contribution in [2.75, 3.05) is 33.4 Å². The summed E-state index contributed by atoms with van der Waals surface area (Å²) >= 11 is 0. The van der Waals surface area contributed by atoms with E-state index in [2.05, 4.69) is 95.1 Å². The SMILES string of the molecule is COCC(O)CN(CC(O)COc1ccc(C(C)(C)c2ccc(C)cc2)cc1)C1CC(C)(C)NC(C)(C)C1. The lowest BCUT2D eigenvalue weighted by Gasteiger charge is -2.50. The summed E-state index contributed by atoms with van der Waals surface area (Å²) in [5.74, 6) is 0.739. The summed E-state index contributed by atoms with van der Waals surface area (Å²) in [5, 5.41) is 25.2. The van der Waals surface area contributed by atoms with Crippen LogP contribution in [0.2, 0.25) is 0 Å². The van der Waals surface area contributed by atoms with E-state index in [-0.39, 0.29) is 35.7 Å². The van der Waals surface area contributed by atoms with Crippen molar-refractivity contribution in [1.82, 2.24) is 10.2 Å². The highest BCUT2D eigenvalue weighted by Crippen LogP contribution is 2.33. The molecular weight excluding hydrogens is 476 g/mol. The van der Waals surface area contributed by atoms with Gasteiger partial charge in [-0.05, 0) is 70.7 Å². The number of aliphatic hydroxyl groups is 2. The molecule has 0 aliphatic carbocycles. The van der Waals surface area contributed by atoms with Crippen molar-refractivity contribution in [3.63, 3.8) is 0 Å². The van der Waals surface area contributed by atoms with Gasteiger partial charge in [-0.15, -0.1) is 0 Å². The zero-order valence-corrected chi connectivity index (χ0v) is 24.8. The molecule has 2 aromatic rings. The molecule has 0 amide bonds. The first-order valence-electron chi connectivity index (χ1n) is 13.9. The van der Waals surface area contributed by atoms with Crippen molar-refractivity contribution >= 4 is 0 Å². The maximum atomic E-state index is 11.0. The van der Waals surface area contributed by atoms with Crippen LogP contribution in [0.1, 0.15) is 71.1 Å². The van der Waals surface area contributed by atoms with E-state index in [1.54, 1.807) is 7.11 Å². The fourth-order valence-electron chi connectivity index (χ4n) is 6.04. The summed E-state index contributed by atoms with van der Waals surface area (Å²) in [7, 11) is 1.60. The lowest BCUT2D eigenvalue weighted by molar-refractivity contribution is -0.0207. The van der Waals surface area contributed by atoms with Crippen LogP contribution in [0.5, 0.6) is 5.75 Å². The number of aryl methyl sites for hydroxylation is 1. The van der Waals surface area contributed by atoms with Crippen molar-refractivity contribution in [2.45, 2.75) is 96.1 Å². The van der Waals surface area contributed by atoms with Gasteiger partial charge in [0.2, 0.25) is 0 Å². The van der Waals surface area contributed by atoms with Crippen molar-refractivity contribution in [3.8, 4) is 5.75 Å². The van der Waals surface area contributed by atoms with Crippen molar-refractivity contribution in [3.05, 3.63) is 65.2 Å².